The van der Waals surface area contributed by atoms with Crippen molar-refractivity contribution < 1.29 is 9.53 Å². The van der Waals surface area contributed by atoms with Gasteiger partial charge in [0.05, 0.1) is 12.8 Å². The predicted molar refractivity (Wildman–Crippen MR) is 111 cm³/mol. The lowest BCUT2D eigenvalue weighted by Gasteiger charge is -2.05. The fourth-order valence-corrected chi connectivity index (χ4v) is 4.03. The monoisotopic (exact) mass is 395 g/mol. The van der Waals surface area contributed by atoms with Gasteiger partial charge in [-0.1, -0.05) is 6.07 Å². The molecule has 3 rings (SSSR count). The van der Waals surface area contributed by atoms with Gasteiger partial charge >= 0.3 is 0 Å². The Kier molecular flexibility index (Phi) is 5.69. The number of thiophene rings is 1. The summed E-state index contributed by atoms with van der Waals surface area (Å²) in [6.45, 7) is 0. The van der Waals surface area contributed by atoms with E-state index in [2.05, 4.69) is 11.4 Å². The number of thioether (sulfide) groups is 1. The molecular weight excluding hydrogens is 378 g/mol. The summed E-state index contributed by atoms with van der Waals surface area (Å²) in [7, 11) is 1.57. The zero-order valence-corrected chi connectivity index (χ0v) is 16.4. The Morgan fingerprint density at radius 3 is 2.63 bits per heavy atom. The van der Waals surface area contributed by atoms with Crippen molar-refractivity contribution in [3.8, 4) is 11.8 Å². The first-order chi connectivity index (χ1) is 13.1. The van der Waals surface area contributed by atoms with E-state index in [9.17, 15) is 10.1 Å². The van der Waals surface area contributed by atoms with E-state index in [1.54, 1.807) is 43.1 Å². The molecule has 0 saturated heterocycles. The fourth-order valence-electron chi connectivity index (χ4n) is 2.52. The van der Waals surface area contributed by atoms with E-state index in [0.29, 0.717) is 21.2 Å². The second-order valence-corrected chi connectivity index (χ2v) is 7.48. The summed E-state index contributed by atoms with van der Waals surface area (Å²) < 4.78 is 5.12. The van der Waals surface area contributed by atoms with Crippen molar-refractivity contribution in [2.24, 2.45) is 0 Å². The van der Waals surface area contributed by atoms with Crippen LogP contribution in [-0.2, 0) is 0 Å². The first-order valence-electron chi connectivity index (χ1n) is 7.99. The highest BCUT2D eigenvalue weighted by molar-refractivity contribution is 7.98. The number of rotatable bonds is 6. The highest BCUT2D eigenvalue weighted by Crippen LogP contribution is 2.38. The summed E-state index contributed by atoms with van der Waals surface area (Å²) in [5, 5.41) is 13.3. The third-order valence-corrected chi connectivity index (χ3v) is 5.79. The highest BCUT2D eigenvalue weighted by Gasteiger charge is 2.22. The van der Waals surface area contributed by atoms with E-state index in [1.807, 2.05) is 30.5 Å². The molecular formula is C20H17N3O2S2. The van der Waals surface area contributed by atoms with Gasteiger partial charge in [0, 0.05) is 16.1 Å². The fraction of sp³-hybridized carbons (Fsp3) is 0.100. The van der Waals surface area contributed by atoms with Gasteiger partial charge in [-0.05, 0) is 48.7 Å². The summed E-state index contributed by atoms with van der Waals surface area (Å²) >= 11 is 2.81. The molecule has 0 aliphatic rings. The van der Waals surface area contributed by atoms with E-state index in [0.717, 1.165) is 10.6 Å². The van der Waals surface area contributed by atoms with Gasteiger partial charge in [0.25, 0.3) is 0 Å². The van der Waals surface area contributed by atoms with Crippen LogP contribution in [0.5, 0.6) is 5.75 Å². The number of methoxy groups -OCH3 is 1. The molecule has 0 saturated carbocycles. The molecule has 5 nitrogen and oxygen atoms in total. The van der Waals surface area contributed by atoms with Crippen molar-refractivity contribution in [1.82, 2.24) is 0 Å². The average Bonchev–Trinajstić information content (AvgIpc) is 3.02. The lowest BCUT2D eigenvalue weighted by Crippen LogP contribution is -2.02. The quantitative estimate of drug-likeness (QED) is 0.455. The molecule has 0 amide bonds. The molecule has 136 valence electrons. The number of nitrogen functional groups attached to an aromatic ring is 1. The molecule has 3 aromatic rings. The molecule has 0 unspecified atom stereocenters. The van der Waals surface area contributed by atoms with Crippen molar-refractivity contribution in [3.05, 3.63) is 64.5 Å². The number of hydrogen-bond donors (Lipinski definition) is 2. The zero-order valence-electron chi connectivity index (χ0n) is 14.8. The highest BCUT2D eigenvalue weighted by atomic mass is 32.2. The number of nitrogens with two attached hydrogens (primary N) is 1. The molecule has 0 fully saturated rings. The van der Waals surface area contributed by atoms with Crippen LogP contribution in [0.2, 0.25) is 0 Å². The number of hydrogen-bond acceptors (Lipinski definition) is 7. The summed E-state index contributed by atoms with van der Waals surface area (Å²) in [5.41, 5.74) is 7.93. The Labute approximate surface area is 165 Å². The lowest BCUT2D eigenvalue weighted by molar-refractivity contribution is 0.104. The first kappa shape index (κ1) is 18.8. The van der Waals surface area contributed by atoms with Gasteiger partial charge in [0.1, 0.15) is 27.3 Å². The SMILES string of the molecule is COc1ccc(C(=O)c2sc(Nc3cccc(SC)c3)c(C#N)c2N)cc1. The molecule has 7 heteroatoms. The number of nitriles is 1. The minimum Gasteiger partial charge on any atom is -0.497 e. The molecule has 1 heterocycles. The minimum atomic E-state index is -0.220. The number of ether oxygens (including phenoxy) is 1. The van der Waals surface area contributed by atoms with Gasteiger partial charge in [0.15, 0.2) is 0 Å². The van der Waals surface area contributed by atoms with E-state index in [-0.39, 0.29) is 17.0 Å². The molecule has 0 atom stereocenters. The predicted octanol–water partition coefficient (Wildman–Crippen LogP) is 4.91. The summed E-state index contributed by atoms with van der Waals surface area (Å²) in [5.74, 6) is 0.446. The molecule has 0 aliphatic heterocycles. The van der Waals surface area contributed by atoms with Gasteiger partial charge in [-0.2, -0.15) is 5.26 Å². The number of carbonyl (C=O) groups is 1. The Bertz CT molecular complexity index is 1020. The van der Waals surface area contributed by atoms with Crippen LogP contribution in [0.15, 0.2) is 53.4 Å². The van der Waals surface area contributed by atoms with Crippen LogP contribution >= 0.6 is 23.1 Å². The summed E-state index contributed by atoms with van der Waals surface area (Å²) in [6.07, 6.45) is 1.99. The zero-order chi connectivity index (χ0) is 19.4. The van der Waals surface area contributed by atoms with Crippen molar-refractivity contribution >= 4 is 45.3 Å². The third kappa shape index (κ3) is 3.92. The van der Waals surface area contributed by atoms with Crippen LogP contribution in [0.3, 0.4) is 0 Å². The molecule has 3 N–H and O–H groups in total. The average molecular weight is 396 g/mol. The largest absolute Gasteiger partial charge is 0.497 e. The van der Waals surface area contributed by atoms with Crippen molar-refractivity contribution in [1.29, 1.82) is 5.26 Å². The maximum Gasteiger partial charge on any atom is 0.205 e. The van der Waals surface area contributed by atoms with Gasteiger partial charge in [-0.15, -0.1) is 23.1 Å². The van der Waals surface area contributed by atoms with Crippen LogP contribution in [0, 0.1) is 11.3 Å². The van der Waals surface area contributed by atoms with Gasteiger partial charge in [-0.25, -0.2) is 0 Å². The molecule has 0 spiro atoms. The van der Waals surface area contributed by atoms with E-state index in [4.69, 9.17) is 10.5 Å². The molecule has 1 aromatic heterocycles. The number of ketones is 1. The second kappa shape index (κ2) is 8.16. The maximum atomic E-state index is 12.9. The van der Waals surface area contributed by atoms with Crippen LogP contribution in [0.1, 0.15) is 20.8 Å². The van der Waals surface area contributed by atoms with Crippen molar-refractivity contribution in [2.75, 3.05) is 24.4 Å². The Morgan fingerprint density at radius 1 is 1.26 bits per heavy atom. The molecule has 27 heavy (non-hydrogen) atoms. The number of carbonyl (C=O) groups excluding carboxylic acids is 1. The minimum absolute atomic E-state index is 0.201. The van der Waals surface area contributed by atoms with Crippen LogP contribution < -0.4 is 15.8 Å². The first-order valence-corrected chi connectivity index (χ1v) is 10.0. The molecule has 0 bridgehead atoms. The van der Waals surface area contributed by atoms with Gasteiger partial charge in [-0.3, -0.25) is 4.79 Å². The molecule has 2 aromatic carbocycles. The van der Waals surface area contributed by atoms with E-state index >= 15 is 0 Å². The van der Waals surface area contributed by atoms with Crippen molar-refractivity contribution in [2.45, 2.75) is 4.90 Å². The third-order valence-electron chi connectivity index (χ3n) is 3.94. The lowest BCUT2D eigenvalue weighted by atomic mass is 10.1. The van der Waals surface area contributed by atoms with E-state index in [1.165, 1.54) is 11.3 Å². The Balaban J connectivity index is 1.95. The van der Waals surface area contributed by atoms with Crippen LogP contribution in [0.4, 0.5) is 16.4 Å². The number of nitrogens with one attached hydrogen (secondary N) is 1. The Morgan fingerprint density at radius 2 is 2.00 bits per heavy atom. The normalized spacial score (nSPS) is 10.3. The summed E-state index contributed by atoms with van der Waals surface area (Å²) in [4.78, 5) is 14.3. The number of anilines is 3. The topological polar surface area (TPSA) is 88.1 Å². The standard InChI is InChI=1S/C20H17N3O2S2/c1-25-14-8-6-12(7-9-14)18(24)19-17(22)16(11-21)20(27-19)23-13-4-3-5-15(10-13)26-2/h3-10,23H,22H2,1-2H3. The Hall–Kier alpha value is -2.95. The smallest absolute Gasteiger partial charge is 0.205 e. The van der Waals surface area contributed by atoms with Crippen molar-refractivity contribution in [3.63, 3.8) is 0 Å². The second-order valence-electron chi connectivity index (χ2n) is 5.58. The van der Waals surface area contributed by atoms with E-state index < -0.39 is 0 Å². The number of nitrogens with zero attached hydrogens (tertiary/aromatic N) is 1. The van der Waals surface area contributed by atoms with Crippen LogP contribution in [-0.4, -0.2) is 19.1 Å². The summed E-state index contributed by atoms with van der Waals surface area (Å²) in [6, 6.07) is 16.7. The maximum absolute atomic E-state index is 12.9. The van der Waals surface area contributed by atoms with Gasteiger partial charge < -0.3 is 15.8 Å². The molecule has 0 radical (unpaired) electrons. The van der Waals surface area contributed by atoms with Crippen LogP contribution in [0.25, 0.3) is 0 Å². The molecule has 0 aliphatic carbocycles. The van der Waals surface area contributed by atoms with Gasteiger partial charge in [0.2, 0.25) is 5.78 Å². The number of benzene rings is 2.